The highest BCUT2D eigenvalue weighted by atomic mass is 16.7. The Bertz CT molecular complexity index is 626. The number of carbonyl (C=O) groups is 1. The van der Waals surface area contributed by atoms with Gasteiger partial charge in [0.25, 0.3) is 0 Å². The summed E-state index contributed by atoms with van der Waals surface area (Å²) in [4.78, 5) is 21.5. The smallest absolute Gasteiger partial charge is 0.183 e. The standard InChI is InChI=1S/C23H41N5O4/c29-23(30)17-5-3-16(4-6-17)15-28-9-1-2-19(28)22-25-21(26-32-22)18-7-8-24-20(14-18)27-10-12-31-13-11-27/h16-22,24-26H,1-15H2,(H,29,30)/p+1. The Kier molecular flexibility index (Phi) is 7.63. The van der Waals surface area contributed by atoms with Gasteiger partial charge in [-0.2, -0.15) is 5.48 Å². The maximum Gasteiger partial charge on any atom is 0.183 e. The van der Waals surface area contributed by atoms with Crippen LogP contribution in [-0.4, -0.2) is 81.4 Å². The minimum absolute atomic E-state index is 0.0739. The van der Waals surface area contributed by atoms with Crippen molar-refractivity contribution in [3.63, 3.8) is 0 Å². The van der Waals surface area contributed by atoms with Crippen LogP contribution in [0.25, 0.3) is 0 Å². The largest absolute Gasteiger partial charge is 0.550 e. The molecule has 6 unspecified atom stereocenters. The lowest BCUT2D eigenvalue weighted by atomic mass is 9.82. The summed E-state index contributed by atoms with van der Waals surface area (Å²) >= 11 is 0. The molecule has 0 amide bonds. The molecule has 0 spiro atoms. The molecule has 5 aliphatic rings. The average Bonchev–Trinajstić information content (AvgIpc) is 3.50. The van der Waals surface area contributed by atoms with Crippen molar-refractivity contribution >= 4 is 5.97 Å². The number of carboxylic acid groups (broad SMARTS) is 1. The van der Waals surface area contributed by atoms with Gasteiger partial charge in [-0.1, -0.05) is 0 Å². The zero-order chi connectivity index (χ0) is 21.9. The Balaban J connectivity index is 1.11. The number of ether oxygens (including phenoxy) is 1. The summed E-state index contributed by atoms with van der Waals surface area (Å²) in [5, 5.41) is 17.5. The van der Waals surface area contributed by atoms with E-state index in [0.29, 0.717) is 24.0 Å². The van der Waals surface area contributed by atoms with Crippen molar-refractivity contribution in [2.45, 2.75) is 76.0 Å². The number of hydroxylamine groups is 1. The van der Waals surface area contributed by atoms with Crippen LogP contribution in [0.2, 0.25) is 0 Å². The molecule has 1 saturated carbocycles. The van der Waals surface area contributed by atoms with Crippen LogP contribution in [0.5, 0.6) is 0 Å². The van der Waals surface area contributed by atoms with Gasteiger partial charge < -0.3 is 24.9 Å². The number of aliphatic carboxylic acids is 1. The molecule has 6 atom stereocenters. The first kappa shape index (κ1) is 23.0. The summed E-state index contributed by atoms with van der Waals surface area (Å²) < 4.78 is 5.54. The molecule has 0 aromatic rings. The van der Waals surface area contributed by atoms with Gasteiger partial charge in [-0.05, 0) is 31.6 Å². The summed E-state index contributed by atoms with van der Waals surface area (Å²) in [7, 11) is 0. The predicted molar refractivity (Wildman–Crippen MR) is 115 cm³/mol. The SMILES string of the molecule is O=C([O-])C1CCC(C[NH+]2CCCC2C2NC(C3CC[NH2+]C(N4CCOCC4)C3)NO2)CC1. The van der Waals surface area contributed by atoms with Crippen LogP contribution >= 0.6 is 0 Å². The van der Waals surface area contributed by atoms with Gasteiger partial charge in [0.2, 0.25) is 0 Å². The number of rotatable bonds is 6. The number of nitrogens with one attached hydrogen (secondary N) is 3. The van der Waals surface area contributed by atoms with Crippen molar-refractivity contribution in [3.8, 4) is 0 Å². The monoisotopic (exact) mass is 452 g/mol. The molecule has 5 rings (SSSR count). The molecule has 0 bridgehead atoms. The second kappa shape index (κ2) is 10.6. The highest BCUT2D eigenvalue weighted by Gasteiger charge is 2.45. The molecule has 32 heavy (non-hydrogen) atoms. The fourth-order valence-electron chi connectivity index (χ4n) is 6.89. The zero-order valence-corrected chi connectivity index (χ0v) is 19.3. The Morgan fingerprint density at radius 1 is 1.12 bits per heavy atom. The highest BCUT2D eigenvalue weighted by Crippen LogP contribution is 2.28. The molecular weight excluding hydrogens is 410 g/mol. The predicted octanol–water partition coefficient (Wildman–Crippen LogP) is -3.00. The van der Waals surface area contributed by atoms with Crippen LogP contribution in [-0.2, 0) is 14.4 Å². The fraction of sp³-hybridized carbons (Fsp3) is 0.957. The molecule has 1 aliphatic carbocycles. The number of piperidine rings is 1. The van der Waals surface area contributed by atoms with Gasteiger partial charge in [0.1, 0.15) is 12.2 Å². The van der Waals surface area contributed by atoms with E-state index in [1.54, 1.807) is 4.90 Å². The molecule has 4 heterocycles. The molecule has 0 radical (unpaired) electrons. The number of carbonyl (C=O) groups excluding carboxylic acids is 1. The van der Waals surface area contributed by atoms with Gasteiger partial charge in [0.15, 0.2) is 6.23 Å². The van der Waals surface area contributed by atoms with E-state index in [2.05, 4.69) is 21.0 Å². The molecule has 9 heteroatoms. The molecular formula is C23H42N5O4+. The van der Waals surface area contributed by atoms with Gasteiger partial charge in [0, 0.05) is 56.6 Å². The Hall–Kier alpha value is -0.810. The van der Waals surface area contributed by atoms with E-state index in [4.69, 9.17) is 9.57 Å². The third-order valence-electron chi connectivity index (χ3n) is 8.81. The van der Waals surface area contributed by atoms with Crippen molar-refractivity contribution in [1.82, 2.24) is 15.7 Å². The molecule has 0 aromatic heterocycles. The lowest BCUT2D eigenvalue weighted by Crippen LogP contribution is -3.15. The van der Waals surface area contributed by atoms with Crippen molar-refractivity contribution in [2.75, 3.05) is 45.9 Å². The Labute approximate surface area is 191 Å². The van der Waals surface area contributed by atoms with E-state index >= 15 is 0 Å². The van der Waals surface area contributed by atoms with Gasteiger partial charge >= 0.3 is 0 Å². The second-order valence-electron chi connectivity index (χ2n) is 10.7. The van der Waals surface area contributed by atoms with Crippen LogP contribution in [0.15, 0.2) is 0 Å². The van der Waals surface area contributed by atoms with Gasteiger partial charge in [-0.15, -0.1) is 0 Å². The summed E-state index contributed by atoms with van der Waals surface area (Å²) in [5.74, 6) is 0.137. The molecule has 4 saturated heterocycles. The summed E-state index contributed by atoms with van der Waals surface area (Å²) in [6.45, 7) is 7.33. The lowest BCUT2D eigenvalue weighted by Gasteiger charge is -2.38. The summed E-state index contributed by atoms with van der Waals surface area (Å²) in [6, 6.07) is 0.483. The van der Waals surface area contributed by atoms with Crippen LogP contribution < -0.4 is 26.1 Å². The zero-order valence-electron chi connectivity index (χ0n) is 19.3. The Morgan fingerprint density at radius 3 is 2.72 bits per heavy atom. The topological polar surface area (TPSA) is 107 Å². The summed E-state index contributed by atoms with van der Waals surface area (Å²) in [5.41, 5.74) is 3.37. The fourth-order valence-corrected chi connectivity index (χ4v) is 6.89. The molecule has 182 valence electrons. The van der Waals surface area contributed by atoms with Crippen LogP contribution in [0.4, 0.5) is 0 Å². The first-order valence-electron chi connectivity index (χ1n) is 13.0. The lowest BCUT2D eigenvalue weighted by molar-refractivity contribution is -0.919. The van der Waals surface area contributed by atoms with E-state index in [1.807, 2.05) is 0 Å². The third-order valence-corrected chi connectivity index (χ3v) is 8.81. The number of quaternary nitrogens is 2. The molecule has 5 fully saturated rings. The minimum atomic E-state index is -0.855. The normalized spacial score (nSPS) is 44.0. The van der Waals surface area contributed by atoms with E-state index in [1.165, 1.54) is 38.8 Å². The first-order valence-corrected chi connectivity index (χ1v) is 13.0. The van der Waals surface area contributed by atoms with E-state index in [9.17, 15) is 9.90 Å². The minimum Gasteiger partial charge on any atom is -0.550 e. The third kappa shape index (κ3) is 5.29. The van der Waals surface area contributed by atoms with E-state index < -0.39 is 5.97 Å². The van der Waals surface area contributed by atoms with Crippen molar-refractivity contribution in [2.24, 2.45) is 17.8 Å². The summed E-state index contributed by atoms with van der Waals surface area (Å²) in [6.07, 6.45) is 9.34. The van der Waals surface area contributed by atoms with Crippen LogP contribution in [0.3, 0.4) is 0 Å². The highest BCUT2D eigenvalue weighted by molar-refractivity contribution is 5.67. The molecule has 9 nitrogen and oxygen atoms in total. The number of hydrogen-bond acceptors (Lipinski definition) is 7. The number of hydrogen-bond donors (Lipinski definition) is 4. The van der Waals surface area contributed by atoms with Crippen LogP contribution in [0.1, 0.15) is 51.4 Å². The van der Waals surface area contributed by atoms with E-state index in [-0.39, 0.29) is 18.3 Å². The molecule has 4 aliphatic heterocycles. The number of carboxylic acids is 1. The maximum atomic E-state index is 11.1. The number of morpholine rings is 1. The first-order chi connectivity index (χ1) is 15.7. The number of nitrogens with zero attached hydrogens (tertiary/aromatic N) is 1. The van der Waals surface area contributed by atoms with Crippen molar-refractivity contribution < 1.29 is 29.7 Å². The number of nitrogens with two attached hydrogens (primary N) is 1. The quantitative estimate of drug-likeness (QED) is 0.340. The molecule has 0 aromatic carbocycles. The Morgan fingerprint density at radius 2 is 1.94 bits per heavy atom. The maximum absolute atomic E-state index is 11.1. The van der Waals surface area contributed by atoms with Gasteiger partial charge in [0.05, 0.1) is 39.0 Å². The average molecular weight is 453 g/mol. The molecule has 5 N–H and O–H groups in total. The van der Waals surface area contributed by atoms with E-state index in [0.717, 1.165) is 58.5 Å². The van der Waals surface area contributed by atoms with Gasteiger partial charge in [-0.25, -0.2) is 4.90 Å². The van der Waals surface area contributed by atoms with Gasteiger partial charge in [-0.3, -0.25) is 10.2 Å². The van der Waals surface area contributed by atoms with Crippen molar-refractivity contribution in [3.05, 3.63) is 0 Å². The second-order valence-corrected chi connectivity index (χ2v) is 10.7. The van der Waals surface area contributed by atoms with Crippen molar-refractivity contribution in [1.29, 1.82) is 0 Å². The number of likely N-dealkylation sites (tertiary alicyclic amines) is 1. The van der Waals surface area contributed by atoms with Crippen LogP contribution in [0, 0.1) is 17.8 Å².